The van der Waals surface area contributed by atoms with E-state index in [0.717, 1.165) is 59.2 Å². The van der Waals surface area contributed by atoms with Gasteiger partial charge in [-0.3, -0.25) is 0 Å². The van der Waals surface area contributed by atoms with Gasteiger partial charge in [-0.25, -0.2) is 4.68 Å². The molecule has 0 spiro atoms. The van der Waals surface area contributed by atoms with Crippen LogP contribution in [-0.2, 0) is 4.74 Å². The average Bonchev–Trinajstić information content (AvgIpc) is 3.24. The van der Waals surface area contributed by atoms with Crippen molar-refractivity contribution in [1.82, 2.24) is 9.78 Å². The summed E-state index contributed by atoms with van der Waals surface area (Å²) in [6.07, 6.45) is 3.58. The monoisotopic (exact) mass is 454 g/mol. The topological polar surface area (TPSA) is 36.3 Å². The standard InChI is InChI=1S/C28H28BFN2O2/c1-2-23(19-8-4-3-5-9-19)27(20-11-14-22(34-29)15-12-20)21-13-16-25-24(18-21)28(30)31-32(25)26-10-6-7-17-33-26/h3-5,8-9,11-16,18,26H,2,6-7,10,17,29H2,1H3/b27-23+. The van der Waals surface area contributed by atoms with Crippen LogP contribution in [0.5, 0.6) is 5.75 Å². The molecule has 6 heteroatoms. The van der Waals surface area contributed by atoms with Crippen LogP contribution in [0.25, 0.3) is 22.0 Å². The van der Waals surface area contributed by atoms with Crippen molar-refractivity contribution < 1.29 is 13.8 Å². The zero-order valence-electron chi connectivity index (χ0n) is 19.6. The number of ether oxygens (including phenoxy) is 1. The quantitative estimate of drug-likeness (QED) is 0.258. The molecule has 4 aromatic rings. The van der Waals surface area contributed by atoms with Gasteiger partial charge >= 0.3 is 8.05 Å². The smallest absolute Gasteiger partial charge is 0.322 e. The molecule has 1 aliphatic rings. The molecule has 1 aliphatic heterocycles. The summed E-state index contributed by atoms with van der Waals surface area (Å²) in [5.41, 5.74) is 6.22. The Hall–Kier alpha value is -3.38. The third-order valence-corrected chi connectivity index (χ3v) is 6.53. The summed E-state index contributed by atoms with van der Waals surface area (Å²) in [6, 6.07) is 24.4. The Labute approximate surface area is 200 Å². The molecule has 0 bridgehead atoms. The SMILES string of the molecule is BOc1ccc(/C(=C(/CC)c2ccccc2)c2ccc3c(c2)c(F)nn3C2CCCCO2)cc1. The molecule has 34 heavy (non-hydrogen) atoms. The molecule has 2 heterocycles. The maximum atomic E-state index is 15.1. The average molecular weight is 454 g/mol. The van der Waals surface area contributed by atoms with Crippen LogP contribution < -0.4 is 4.65 Å². The summed E-state index contributed by atoms with van der Waals surface area (Å²) in [7, 11) is 1.66. The highest BCUT2D eigenvalue weighted by atomic mass is 19.1. The number of nitrogens with zero attached hydrogens (tertiary/aromatic N) is 2. The number of rotatable bonds is 6. The van der Waals surface area contributed by atoms with Crippen molar-refractivity contribution in [2.75, 3.05) is 6.61 Å². The number of hydrogen-bond donors (Lipinski definition) is 0. The Bertz CT molecular complexity index is 1310. The molecule has 1 saturated heterocycles. The van der Waals surface area contributed by atoms with E-state index < -0.39 is 5.95 Å². The molecule has 172 valence electrons. The highest BCUT2D eigenvalue weighted by molar-refractivity contribution is 6.01. The summed E-state index contributed by atoms with van der Waals surface area (Å²) in [5, 5.41) is 4.74. The van der Waals surface area contributed by atoms with Gasteiger partial charge in [0.25, 0.3) is 0 Å². The van der Waals surface area contributed by atoms with Crippen LogP contribution in [0.2, 0.25) is 0 Å². The molecular weight excluding hydrogens is 426 g/mol. The van der Waals surface area contributed by atoms with Crippen LogP contribution in [0, 0.1) is 5.95 Å². The number of hydrogen-bond acceptors (Lipinski definition) is 3. The number of halogens is 1. The summed E-state index contributed by atoms with van der Waals surface area (Å²) < 4.78 is 28.1. The minimum absolute atomic E-state index is 0.210. The van der Waals surface area contributed by atoms with E-state index >= 15 is 4.39 Å². The number of aromatic nitrogens is 2. The summed E-state index contributed by atoms with van der Waals surface area (Å²) >= 11 is 0. The number of benzene rings is 3. The second kappa shape index (κ2) is 9.86. The van der Waals surface area contributed by atoms with Crippen molar-refractivity contribution in [3.8, 4) is 5.75 Å². The highest BCUT2D eigenvalue weighted by Gasteiger charge is 2.22. The maximum absolute atomic E-state index is 15.1. The van der Waals surface area contributed by atoms with Crippen molar-refractivity contribution in [2.45, 2.75) is 38.8 Å². The Morgan fingerprint density at radius 3 is 2.47 bits per heavy atom. The first-order chi connectivity index (χ1) is 16.7. The third kappa shape index (κ3) is 4.26. The lowest BCUT2D eigenvalue weighted by Gasteiger charge is -2.23. The van der Waals surface area contributed by atoms with E-state index in [0.29, 0.717) is 12.0 Å². The highest BCUT2D eigenvalue weighted by Crippen LogP contribution is 2.37. The van der Waals surface area contributed by atoms with Gasteiger partial charge < -0.3 is 9.39 Å². The van der Waals surface area contributed by atoms with E-state index in [9.17, 15) is 0 Å². The van der Waals surface area contributed by atoms with Gasteiger partial charge in [0.2, 0.25) is 5.95 Å². The van der Waals surface area contributed by atoms with Gasteiger partial charge in [0.1, 0.15) is 0 Å². The molecule has 0 aliphatic carbocycles. The lowest BCUT2D eigenvalue weighted by Crippen LogP contribution is -2.19. The van der Waals surface area contributed by atoms with Crippen LogP contribution in [-0.4, -0.2) is 24.4 Å². The van der Waals surface area contributed by atoms with E-state index in [1.165, 1.54) is 5.57 Å². The van der Waals surface area contributed by atoms with Crippen LogP contribution in [0.3, 0.4) is 0 Å². The van der Waals surface area contributed by atoms with E-state index in [1.807, 2.05) is 42.5 Å². The first kappa shape index (κ1) is 22.4. The largest absolute Gasteiger partial charge is 0.568 e. The van der Waals surface area contributed by atoms with Crippen molar-refractivity contribution in [3.63, 3.8) is 0 Å². The fraction of sp³-hybridized carbons (Fsp3) is 0.250. The number of allylic oxidation sites excluding steroid dienone is 1. The molecule has 0 N–H and O–H groups in total. The third-order valence-electron chi connectivity index (χ3n) is 6.53. The Morgan fingerprint density at radius 1 is 1.03 bits per heavy atom. The second-order valence-electron chi connectivity index (χ2n) is 8.59. The van der Waals surface area contributed by atoms with Crippen LogP contribution in [0.4, 0.5) is 4.39 Å². The maximum Gasteiger partial charge on any atom is 0.322 e. The predicted octanol–water partition coefficient (Wildman–Crippen LogP) is 6.17. The molecule has 1 aromatic heterocycles. The first-order valence-electron chi connectivity index (χ1n) is 11.9. The van der Waals surface area contributed by atoms with E-state index in [-0.39, 0.29) is 6.23 Å². The van der Waals surface area contributed by atoms with Crippen LogP contribution in [0.1, 0.15) is 55.5 Å². The first-order valence-corrected chi connectivity index (χ1v) is 11.9. The summed E-state index contributed by atoms with van der Waals surface area (Å²) in [4.78, 5) is 0. The van der Waals surface area contributed by atoms with Gasteiger partial charge in [0.15, 0.2) is 6.23 Å². The zero-order valence-corrected chi connectivity index (χ0v) is 19.6. The van der Waals surface area contributed by atoms with Crippen molar-refractivity contribution in [3.05, 3.63) is 95.4 Å². The van der Waals surface area contributed by atoms with E-state index in [2.05, 4.69) is 42.4 Å². The molecule has 3 aromatic carbocycles. The Kier molecular flexibility index (Phi) is 6.50. The molecule has 0 radical (unpaired) electrons. The lowest BCUT2D eigenvalue weighted by atomic mass is 9.88. The van der Waals surface area contributed by atoms with Crippen LogP contribution >= 0.6 is 0 Å². The fourth-order valence-corrected chi connectivity index (χ4v) is 4.83. The van der Waals surface area contributed by atoms with Gasteiger partial charge in [0.05, 0.1) is 16.7 Å². The molecule has 0 saturated carbocycles. The predicted molar refractivity (Wildman–Crippen MR) is 137 cm³/mol. The fourth-order valence-electron chi connectivity index (χ4n) is 4.83. The van der Waals surface area contributed by atoms with E-state index in [1.54, 1.807) is 12.7 Å². The Balaban J connectivity index is 1.68. The lowest BCUT2D eigenvalue weighted by molar-refractivity contribution is -0.0375. The molecule has 5 rings (SSSR count). The van der Waals surface area contributed by atoms with Crippen molar-refractivity contribution in [2.24, 2.45) is 0 Å². The van der Waals surface area contributed by atoms with Crippen molar-refractivity contribution in [1.29, 1.82) is 0 Å². The molecule has 1 fully saturated rings. The van der Waals surface area contributed by atoms with Gasteiger partial charge in [-0.05, 0) is 77.8 Å². The van der Waals surface area contributed by atoms with E-state index in [4.69, 9.17) is 9.39 Å². The van der Waals surface area contributed by atoms with Crippen LogP contribution in [0.15, 0.2) is 72.8 Å². The molecule has 1 atom stereocenters. The van der Waals surface area contributed by atoms with Gasteiger partial charge in [-0.1, -0.05) is 55.5 Å². The second-order valence-corrected chi connectivity index (χ2v) is 8.59. The summed E-state index contributed by atoms with van der Waals surface area (Å²) in [5.74, 6) is 0.342. The molecule has 0 amide bonds. The zero-order chi connectivity index (χ0) is 23.5. The molecule has 4 nitrogen and oxygen atoms in total. The van der Waals surface area contributed by atoms with Gasteiger partial charge in [-0.2, -0.15) is 4.39 Å². The van der Waals surface area contributed by atoms with Gasteiger partial charge in [-0.15, -0.1) is 5.10 Å². The Morgan fingerprint density at radius 2 is 1.79 bits per heavy atom. The van der Waals surface area contributed by atoms with Crippen molar-refractivity contribution >= 4 is 30.1 Å². The summed E-state index contributed by atoms with van der Waals surface area (Å²) in [6.45, 7) is 2.84. The minimum Gasteiger partial charge on any atom is -0.568 e. The number of fused-ring (bicyclic) bond motifs is 1. The molecular formula is C28H28BFN2O2. The van der Waals surface area contributed by atoms with Gasteiger partial charge in [0, 0.05) is 6.61 Å². The minimum atomic E-state index is -0.460. The normalized spacial score (nSPS) is 16.9. The molecule has 1 unspecified atom stereocenters.